The molecule has 1 aromatic rings. The first-order valence-corrected chi connectivity index (χ1v) is 10.6. The second-order valence-electron chi connectivity index (χ2n) is 8.76. The van der Waals surface area contributed by atoms with Crippen LogP contribution in [0.4, 0.5) is 9.93 Å². The average Bonchev–Trinajstić information content (AvgIpc) is 3.26. The molecule has 4 aliphatic carbocycles. The normalized spacial score (nSPS) is 39.4. The van der Waals surface area contributed by atoms with Crippen molar-refractivity contribution < 1.29 is 14.6 Å². The molecule has 5 unspecified atom stereocenters. The predicted molar refractivity (Wildman–Crippen MR) is 99.2 cm³/mol. The van der Waals surface area contributed by atoms with Crippen LogP contribution in [0, 0.1) is 29.1 Å². The Kier molecular flexibility index (Phi) is 4.06. The summed E-state index contributed by atoms with van der Waals surface area (Å²) in [7, 11) is 0. The molecule has 0 spiro atoms. The lowest BCUT2D eigenvalue weighted by atomic mass is 9.53. The van der Waals surface area contributed by atoms with E-state index in [2.05, 4.69) is 16.4 Å². The predicted octanol–water partition coefficient (Wildman–Crippen LogP) is 2.58. The zero-order chi connectivity index (χ0) is 18.6. The maximum absolute atomic E-state index is 12.7. The van der Waals surface area contributed by atoms with Crippen LogP contribution in [0.15, 0.2) is 6.20 Å². The van der Waals surface area contributed by atoms with Crippen LogP contribution in [0.5, 0.6) is 0 Å². The smallest absolute Gasteiger partial charge is 0.410 e. The second kappa shape index (κ2) is 6.35. The van der Waals surface area contributed by atoms with E-state index in [-0.39, 0.29) is 18.2 Å². The third kappa shape index (κ3) is 3.17. The van der Waals surface area contributed by atoms with E-state index < -0.39 is 5.60 Å². The Morgan fingerprint density at radius 1 is 1.41 bits per heavy atom. The summed E-state index contributed by atoms with van der Waals surface area (Å²) >= 11 is 1.33. The van der Waals surface area contributed by atoms with Gasteiger partial charge in [0.2, 0.25) is 0 Å². The fourth-order valence-corrected chi connectivity index (χ4v) is 6.62. The monoisotopic (exact) mass is 388 g/mol. The zero-order valence-electron chi connectivity index (χ0n) is 15.1. The molecular formula is C19H24N4O3S. The molecule has 2 N–H and O–H groups in total. The molecule has 5 aliphatic rings. The first-order chi connectivity index (χ1) is 13.0. The van der Waals surface area contributed by atoms with Crippen LogP contribution in [0.1, 0.15) is 43.4 Å². The molecule has 27 heavy (non-hydrogen) atoms. The lowest BCUT2D eigenvalue weighted by Gasteiger charge is -2.57. The van der Waals surface area contributed by atoms with Crippen LogP contribution in [-0.4, -0.2) is 51.9 Å². The highest BCUT2D eigenvalue weighted by Crippen LogP contribution is 2.56. The van der Waals surface area contributed by atoms with Crippen molar-refractivity contribution in [1.29, 1.82) is 5.26 Å². The SMILES string of the molecule is N#Cc1cnc(NC2CCN(C(=O)OC3C4CC5C[C@@H]3CC(O)(C5)C4)C2)s1. The third-order valence-corrected chi connectivity index (χ3v) is 7.61. The summed E-state index contributed by atoms with van der Waals surface area (Å²) in [5, 5.41) is 23.6. The Morgan fingerprint density at radius 2 is 2.19 bits per heavy atom. The molecule has 1 aromatic heterocycles. The van der Waals surface area contributed by atoms with Gasteiger partial charge in [-0.2, -0.15) is 5.26 Å². The fraction of sp³-hybridized carbons (Fsp3) is 0.737. The number of ether oxygens (including phenoxy) is 1. The summed E-state index contributed by atoms with van der Waals surface area (Å²) < 4.78 is 5.97. The van der Waals surface area contributed by atoms with Crippen molar-refractivity contribution in [3.8, 4) is 6.07 Å². The van der Waals surface area contributed by atoms with Crippen LogP contribution in [0.3, 0.4) is 0 Å². The van der Waals surface area contributed by atoms with Crippen molar-refractivity contribution in [3.05, 3.63) is 11.1 Å². The molecule has 7 nitrogen and oxygen atoms in total. The number of anilines is 1. The van der Waals surface area contributed by atoms with Crippen molar-refractivity contribution in [2.45, 2.75) is 56.3 Å². The van der Waals surface area contributed by atoms with E-state index in [1.807, 2.05) is 0 Å². The molecule has 0 radical (unpaired) electrons. The average molecular weight is 388 g/mol. The molecule has 6 atom stereocenters. The topological polar surface area (TPSA) is 98.5 Å². The Labute approximate surface area is 162 Å². The number of likely N-dealkylation sites (tertiary alicyclic amines) is 1. The van der Waals surface area contributed by atoms with Gasteiger partial charge < -0.3 is 20.1 Å². The Balaban J connectivity index is 1.17. The van der Waals surface area contributed by atoms with E-state index in [4.69, 9.17) is 10.00 Å². The number of amides is 1. The molecule has 144 valence electrons. The van der Waals surface area contributed by atoms with Crippen LogP contribution in [0.2, 0.25) is 0 Å². The van der Waals surface area contributed by atoms with E-state index in [1.54, 1.807) is 11.1 Å². The lowest BCUT2D eigenvalue weighted by Crippen LogP contribution is -2.58. The number of aliphatic hydroxyl groups is 1. The van der Waals surface area contributed by atoms with Gasteiger partial charge in [-0.3, -0.25) is 0 Å². The van der Waals surface area contributed by atoms with Crippen LogP contribution in [0.25, 0.3) is 0 Å². The quantitative estimate of drug-likeness (QED) is 0.826. The van der Waals surface area contributed by atoms with E-state index in [0.29, 0.717) is 35.7 Å². The van der Waals surface area contributed by atoms with Crippen molar-refractivity contribution in [3.63, 3.8) is 0 Å². The van der Waals surface area contributed by atoms with Gasteiger partial charge >= 0.3 is 6.09 Å². The van der Waals surface area contributed by atoms with Crippen LogP contribution in [-0.2, 0) is 4.74 Å². The number of nitriles is 1. The third-order valence-electron chi connectivity index (χ3n) is 6.78. The number of nitrogens with one attached hydrogen (secondary N) is 1. The number of carbonyl (C=O) groups excluding carboxylic acids is 1. The molecule has 1 amide bonds. The Morgan fingerprint density at radius 3 is 2.85 bits per heavy atom. The molecule has 0 aromatic carbocycles. The van der Waals surface area contributed by atoms with Gasteiger partial charge in [0.05, 0.1) is 11.8 Å². The van der Waals surface area contributed by atoms with Gasteiger partial charge in [0.25, 0.3) is 0 Å². The lowest BCUT2D eigenvalue weighted by molar-refractivity contribution is -0.177. The number of hydrogen-bond donors (Lipinski definition) is 2. The molecule has 2 heterocycles. The Hall–Kier alpha value is -1.85. The van der Waals surface area contributed by atoms with Crippen molar-refractivity contribution in [1.82, 2.24) is 9.88 Å². The maximum Gasteiger partial charge on any atom is 0.410 e. The minimum atomic E-state index is -0.502. The number of nitrogens with zero attached hydrogens (tertiary/aromatic N) is 3. The molecule has 8 heteroatoms. The van der Waals surface area contributed by atoms with E-state index in [1.165, 1.54) is 11.3 Å². The standard InChI is InChI=1S/C19H24N4O3S/c20-8-15-9-21-17(27-15)22-14-1-2-23(10-14)18(24)26-16-12-3-11-4-13(16)7-19(25,5-11)6-12/h9,11-14,16,25H,1-7,10H2,(H,21,22)/t11?,12-,13?,14?,16?,19?/m1/s1. The minimum Gasteiger partial charge on any atom is -0.446 e. The van der Waals surface area contributed by atoms with Gasteiger partial charge in [-0.1, -0.05) is 11.3 Å². The zero-order valence-corrected chi connectivity index (χ0v) is 16.0. The number of carbonyl (C=O) groups is 1. The Bertz CT molecular complexity index is 774. The van der Waals surface area contributed by atoms with Crippen molar-refractivity contribution >= 4 is 22.6 Å². The second-order valence-corrected chi connectivity index (χ2v) is 9.79. The first-order valence-electron chi connectivity index (χ1n) is 9.82. The first kappa shape index (κ1) is 17.3. The van der Waals surface area contributed by atoms with Gasteiger partial charge in [0.15, 0.2) is 5.13 Å². The fourth-order valence-electron chi connectivity index (χ4n) is 5.93. The van der Waals surface area contributed by atoms with Crippen LogP contribution < -0.4 is 5.32 Å². The van der Waals surface area contributed by atoms with E-state index in [9.17, 15) is 9.90 Å². The molecule has 1 aliphatic heterocycles. The van der Waals surface area contributed by atoms with Gasteiger partial charge in [0, 0.05) is 19.1 Å². The van der Waals surface area contributed by atoms with E-state index >= 15 is 0 Å². The highest BCUT2D eigenvalue weighted by Gasteiger charge is 2.56. The molecule has 1 saturated heterocycles. The van der Waals surface area contributed by atoms with E-state index in [0.717, 1.165) is 43.7 Å². The molecule has 4 bridgehead atoms. The summed E-state index contributed by atoms with van der Waals surface area (Å²) in [6, 6.07) is 2.22. The van der Waals surface area contributed by atoms with Gasteiger partial charge in [0.1, 0.15) is 17.1 Å². The molecule has 6 rings (SSSR count). The largest absolute Gasteiger partial charge is 0.446 e. The summed E-state index contributed by atoms with van der Waals surface area (Å²) in [5.74, 6) is 1.25. The van der Waals surface area contributed by atoms with Crippen LogP contribution >= 0.6 is 11.3 Å². The number of rotatable bonds is 3. The van der Waals surface area contributed by atoms with Crippen molar-refractivity contribution in [2.24, 2.45) is 17.8 Å². The number of aromatic nitrogens is 1. The summed E-state index contributed by atoms with van der Waals surface area (Å²) in [4.78, 5) is 19.3. The molecule has 5 fully saturated rings. The maximum atomic E-state index is 12.7. The molecule has 4 saturated carbocycles. The van der Waals surface area contributed by atoms with Gasteiger partial charge in [-0.15, -0.1) is 0 Å². The highest BCUT2D eigenvalue weighted by atomic mass is 32.1. The highest BCUT2D eigenvalue weighted by molar-refractivity contribution is 7.16. The van der Waals surface area contributed by atoms with Gasteiger partial charge in [-0.05, 0) is 56.3 Å². The van der Waals surface area contributed by atoms with Gasteiger partial charge in [-0.25, -0.2) is 9.78 Å². The summed E-state index contributed by atoms with van der Waals surface area (Å²) in [6.45, 7) is 1.26. The number of thiazole rings is 1. The van der Waals surface area contributed by atoms with Crippen molar-refractivity contribution in [2.75, 3.05) is 18.4 Å². The summed E-state index contributed by atoms with van der Waals surface area (Å²) in [5.41, 5.74) is -0.502. The molecular weight excluding hydrogens is 364 g/mol. The minimum absolute atomic E-state index is 0.0292. The summed E-state index contributed by atoms with van der Waals surface area (Å²) in [6.07, 6.45) is 6.84. The number of hydrogen-bond acceptors (Lipinski definition) is 7.